The minimum Gasteiger partial charge on any atom is -0.463 e. The molecule has 1 fully saturated rings. The lowest BCUT2D eigenvalue weighted by molar-refractivity contribution is 0.0586. The number of hydrogen-bond donors (Lipinski definition) is 1. The van der Waals surface area contributed by atoms with E-state index in [9.17, 15) is 4.79 Å². The Morgan fingerprint density at radius 1 is 1.44 bits per heavy atom. The van der Waals surface area contributed by atoms with Crippen LogP contribution in [0, 0.1) is 6.92 Å². The van der Waals surface area contributed by atoms with Crippen molar-refractivity contribution in [3.63, 3.8) is 0 Å². The summed E-state index contributed by atoms with van der Waals surface area (Å²) in [6, 6.07) is 2.15. The first-order valence-electron chi connectivity index (χ1n) is 6.04. The summed E-state index contributed by atoms with van der Waals surface area (Å²) in [5, 5.41) is 0. The first-order valence-corrected chi connectivity index (χ1v) is 6.04. The monoisotopic (exact) mass is 250 g/mol. The van der Waals surface area contributed by atoms with E-state index in [1.807, 2.05) is 13.0 Å². The quantitative estimate of drug-likeness (QED) is 0.770. The summed E-state index contributed by atoms with van der Waals surface area (Å²) in [7, 11) is 1.33. The van der Waals surface area contributed by atoms with Crippen LogP contribution in [0.4, 0.5) is 5.82 Å². The maximum atomic E-state index is 11.5. The molecule has 1 aliphatic heterocycles. The van der Waals surface area contributed by atoms with Gasteiger partial charge in [0.05, 0.1) is 7.11 Å². The van der Waals surface area contributed by atoms with Gasteiger partial charge in [-0.25, -0.2) is 14.8 Å². The number of carbonyl (C=O) groups excluding carboxylic acids is 1. The van der Waals surface area contributed by atoms with Gasteiger partial charge in [0.25, 0.3) is 0 Å². The first kappa shape index (κ1) is 12.8. The van der Waals surface area contributed by atoms with E-state index >= 15 is 0 Å². The van der Waals surface area contributed by atoms with E-state index in [2.05, 4.69) is 19.6 Å². The first-order chi connectivity index (χ1) is 8.60. The number of methoxy groups -OCH3 is 1. The minimum absolute atomic E-state index is 0.113. The van der Waals surface area contributed by atoms with Gasteiger partial charge in [-0.2, -0.15) is 0 Å². The minimum atomic E-state index is -0.506. The Hall–Kier alpha value is -1.69. The summed E-state index contributed by atoms with van der Waals surface area (Å²) >= 11 is 0. The van der Waals surface area contributed by atoms with E-state index < -0.39 is 5.97 Å². The molecule has 0 aliphatic carbocycles. The lowest BCUT2D eigenvalue weighted by Crippen LogP contribution is -2.40. The van der Waals surface area contributed by atoms with Gasteiger partial charge in [0.15, 0.2) is 0 Å². The van der Waals surface area contributed by atoms with Crippen molar-refractivity contribution >= 4 is 11.8 Å². The van der Waals surface area contributed by atoms with Crippen molar-refractivity contribution in [2.45, 2.75) is 25.8 Å². The summed E-state index contributed by atoms with van der Waals surface area (Å²) in [6.45, 7) is 3.56. The molecule has 0 spiro atoms. The number of aromatic nitrogens is 2. The molecular weight excluding hydrogens is 232 g/mol. The molecule has 1 saturated heterocycles. The van der Waals surface area contributed by atoms with Gasteiger partial charge in [-0.3, -0.25) is 0 Å². The maximum absolute atomic E-state index is 11.5. The summed E-state index contributed by atoms with van der Waals surface area (Å²) in [4.78, 5) is 21.9. The molecule has 1 aromatic heterocycles. The average molecular weight is 250 g/mol. The Morgan fingerprint density at radius 3 is 2.72 bits per heavy atom. The molecular formula is C12H18N4O2. The summed E-state index contributed by atoms with van der Waals surface area (Å²) in [5.41, 5.74) is 6.63. The van der Waals surface area contributed by atoms with Crippen molar-refractivity contribution < 1.29 is 9.53 Å². The molecule has 0 unspecified atom stereocenters. The molecule has 2 rings (SSSR count). The van der Waals surface area contributed by atoms with Crippen LogP contribution < -0.4 is 10.6 Å². The van der Waals surface area contributed by atoms with Gasteiger partial charge in [0.1, 0.15) is 5.82 Å². The molecule has 0 aromatic carbocycles. The van der Waals surface area contributed by atoms with Gasteiger partial charge in [0, 0.05) is 30.9 Å². The number of anilines is 1. The summed E-state index contributed by atoms with van der Waals surface area (Å²) < 4.78 is 4.65. The molecule has 0 saturated carbocycles. The lowest BCUT2D eigenvalue weighted by atomic mass is 10.1. The lowest BCUT2D eigenvalue weighted by Gasteiger charge is -2.31. The topological polar surface area (TPSA) is 81.3 Å². The van der Waals surface area contributed by atoms with Crippen LogP contribution in [0.25, 0.3) is 0 Å². The fourth-order valence-corrected chi connectivity index (χ4v) is 2.03. The normalized spacial score (nSPS) is 16.7. The van der Waals surface area contributed by atoms with Crippen LogP contribution in [0.5, 0.6) is 0 Å². The van der Waals surface area contributed by atoms with Gasteiger partial charge in [-0.1, -0.05) is 0 Å². The van der Waals surface area contributed by atoms with Gasteiger partial charge < -0.3 is 15.4 Å². The molecule has 6 heteroatoms. The van der Waals surface area contributed by atoms with Crippen LogP contribution in [0.1, 0.15) is 29.2 Å². The van der Waals surface area contributed by atoms with E-state index in [0.29, 0.717) is 0 Å². The standard InChI is InChI=1S/C12H18N4O2/c1-8-7-10(15-11(14-8)12(17)18-2)16-5-3-9(13)4-6-16/h7,9H,3-6,13H2,1-2H3. The van der Waals surface area contributed by atoms with E-state index in [1.54, 1.807) is 0 Å². The van der Waals surface area contributed by atoms with Crippen LogP contribution in [-0.2, 0) is 4.74 Å². The molecule has 0 radical (unpaired) electrons. The third-order valence-electron chi connectivity index (χ3n) is 3.07. The number of nitrogens with zero attached hydrogens (tertiary/aromatic N) is 3. The number of hydrogen-bond acceptors (Lipinski definition) is 6. The highest BCUT2D eigenvalue weighted by Crippen LogP contribution is 2.18. The number of carbonyl (C=O) groups is 1. The highest BCUT2D eigenvalue weighted by molar-refractivity contribution is 5.85. The zero-order valence-electron chi connectivity index (χ0n) is 10.7. The average Bonchev–Trinajstić information content (AvgIpc) is 2.38. The number of esters is 1. The largest absolute Gasteiger partial charge is 0.463 e. The van der Waals surface area contributed by atoms with Crippen molar-refractivity contribution in [2.75, 3.05) is 25.1 Å². The van der Waals surface area contributed by atoms with Crippen molar-refractivity contribution in [2.24, 2.45) is 5.73 Å². The zero-order valence-corrected chi connectivity index (χ0v) is 10.7. The third-order valence-corrected chi connectivity index (χ3v) is 3.07. The van der Waals surface area contributed by atoms with Gasteiger partial charge in [-0.15, -0.1) is 0 Å². The molecule has 0 atom stereocenters. The second kappa shape index (κ2) is 5.30. The molecule has 0 bridgehead atoms. The second-order valence-corrected chi connectivity index (χ2v) is 4.51. The van der Waals surface area contributed by atoms with Gasteiger partial charge >= 0.3 is 5.97 Å². The van der Waals surface area contributed by atoms with E-state index in [1.165, 1.54) is 7.11 Å². The fourth-order valence-electron chi connectivity index (χ4n) is 2.03. The summed E-state index contributed by atoms with van der Waals surface area (Å²) in [5.74, 6) is 0.380. The smallest absolute Gasteiger partial charge is 0.376 e. The number of rotatable bonds is 2. The van der Waals surface area contributed by atoms with Crippen LogP contribution >= 0.6 is 0 Å². The molecule has 6 nitrogen and oxygen atoms in total. The molecule has 1 aliphatic rings. The predicted octanol–water partition coefficient (Wildman–Crippen LogP) is 0.499. The van der Waals surface area contributed by atoms with Crippen LogP contribution in [0.3, 0.4) is 0 Å². The number of piperidine rings is 1. The van der Waals surface area contributed by atoms with Crippen molar-refractivity contribution in [1.29, 1.82) is 0 Å². The maximum Gasteiger partial charge on any atom is 0.376 e. The fraction of sp³-hybridized carbons (Fsp3) is 0.583. The Bertz CT molecular complexity index is 442. The molecule has 0 amide bonds. The predicted molar refractivity (Wildman–Crippen MR) is 67.5 cm³/mol. The number of ether oxygens (including phenoxy) is 1. The van der Waals surface area contributed by atoms with Crippen molar-refractivity contribution in [3.8, 4) is 0 Å². The Morgan fingerprint density at radius 2 is 2.11 bits per heavy atom. The highest BCUT2D eigenvalue weighted by atomic mass is 16.5. The van der Waals surface area contributed by atoms with Crippen molar-refractivity contribution in [1.82, 2.24) is 9.97 Å². The number of aryl methyl sites for hydroxylation is 1. The molecule has 98 valence electrons. The summed E-state index contributed by atoms with van der Waals surface area (Å²) in [6.07, 6.45) is 1.88. The highest BCUT2D eigenvalue weighted by Gasteiger charge is 2.19. The second-order valence-electron chi connectivity index (χ2n) is 4.51. The van der Waals surface area contributed by atoms with Crippen LogP contribution in [-0.4, -0.2) is 42.2 Å². The Kier molecular flexibility index (Phi) is 3.76. The molecule has 1 aromatic rings. The van der Waals surface area contributed by atoms with Crippen LogP contribution in [0.2, 0.25) is 0 Å². The molecule has 2 heterocycles. The van der Waals surface area contributed by atoms with E-state index in [4.69, 9.17) is 5.73 Å². The number of nitrogens with two attached hydrogens (primary N) is 1. The van der Waals surface area contributed by atoms with Gasteiger partial charge in [0.2, 0.25) is 5.82 Å². The SMILES string of the molecule is COC(=O)c1nc(C)cc(N2CCC(N)CC2)n1. The van der Waals surface area contributed by atoms with Crippen molar-refractivity contribution in [3.05, 3.63) is 17.6 Å². The molecule has 2 N–H and O–H groups in total. The van der Waals surface area contributed by atoms with E-state index in [-0.39, 0.29) is 11.9 Å². The third kappa shape index (κ3) is 2.76. The zero-order chi connectivity index (χ0) is 13.1. The van der Waals surface area contributed by atoms with Gasteiger partial charge in [-0.05, 0) is 19.8 Å². The molecule has 18 heavy (non-hydrogen) atoms. The Labute approximate surface area is 106 Å². The van der Waals surface area contributed by atoms with E-state index in [0.717, 1.165) is 37.4 Å². The van der Waals surface area contributed by atoms with Crippen LogP contribution in [0.15, 0.2) is 6.07 Å². The Balaban J connectivity index is 2.22.